The number of halogens is 2. The molecular weight excluding hydrogens is 347 g/mol. The molecule has 0 aliphatic rings. The third kappa shape index (κ3) is 4.05. The zero-order chi connectivity index (χ0) is 13.0. The summed E-state index contributed by atoms with van der Waals surface area (Å²) in [6.45, 7) is 8.74. The summed E-state index contributed by atoms with van der Waals surface area (Å²) in [5.41, 5.74) is 1.10. The van der Waals surface area contributed by atoms with Crippen LogP contribution in [-0.4, -0.2) is 9.97 Å². The van der Waals surface area contributed by atoms with Crippen molar-refractivity contribution in [2.75, 3.05) is 0 Å². The predicted molar refractivity (Wildman–Crippen MR) is 81.6 cm³/mol. The Morgan fingerprint density at radius 1 is 1.18 bits per heavy atom. The highest BCUT2D eigenvalue weighted by Crippen LogP contribution is 2.26. The topological polar surface area (TPSA) is 25.8 Å². The summed E-state index contributed by atoms with van der Waals surface area (Å²) >= 11 is 8.45. The molecule has 0 amide bonds. The van der Waals surface area contributed by atoms with Crippen LogP contribution in [0.15, 0.2) is 0 Å². The van der Waals surface area contributed by atoms with Crippen molar-refractivity contribution in [3.05, 3.63) is 20.2 Å². The van der Waals surface area contributed by atoms with Crippen LogP contribution in [0.4, 0.5) is 0 Å². The van der Waals surface area contributed by atoms with Crippen molar-refractivity contribution in [3.8, 4) is 0 Å². The van der Waals surface area contributed by atoms with Crippen LogP contribution in [0.2, 0.25) is 5.15 Å². The zero-order valence-electron chi connectivity index (χ0n) is 10.9. The maximum atomic E-state index is 6.20. The van der Waals surface area contributed by atoms with Crippen molar-refractivity contribution in [3.63, 3.8) is 0 Å². The second-order valence-corrected chi connectivity index (χ2v) is 6.18. The minimum absolute atomic E-state index is 0.426. The monoisotopic (exact) mass is 366 g/mol. The number of aromatic nitrogens is 2. The number of rotatable bonds is 5. The van der Waals surface area contributed by atoms with Gasteiger partial charge in [0.15, 0.2) is 0 Å². The molecule has 0 radical (unpaired) electrons. The molecule has 1 aromatic rings. The molecular formula is C13H20ClIN2. The maximum Gasteiger partial charge on any atom is 0.146 e. The van der Waals surface area contributed by atoms with Crippen LogP contribution in [0.1, 0.15) is 58.0 Å². The van der Waals surface area contributed by atoms with Crippen molar-refractivity contribution in [2.24, 2.45) is 5.92 Å². The summed E-state index contributed by atoms with van der Waals surface area (Å²) in [5, 5.41) is 0.609. The van der Waals surface area contributed by atoms with E-state index in [1.54, 1.807) is 0 Å². The van der Waals surface area contributed by atoms with Gasteiger partial charge >= 0.3 is 0 Å². The fourth-order valence-corrected chi connectivity index (χ4v) is 2.50. The first kappa shape index (κ1) is 15.2. The van der Waals surface area contributed by atoms with Gasteiger partial charge in [-0.2, -0.15) is 0 Å². The standard InChI is InChI=1S/C13H20ClIN2/c1-5-9(6-2)13-16-10(7-8(3)4)11(15)12(14)17-13/h8-9H,5-7H2,1-4H3. The molecule has 2 nitrogen and oxygen atoms in total. The van der Waals surface area contributed by atoms with Gasteiger partial charge in [-0.1, -0.05) is 39.3 Å². The van der Waals surface area contributed by atoms with Gasteiger partial charge in [0.2, 0.25) is 0 Å². The van der Waals surface area contributed by atoms with E-state index in [1.807, 2.05) is 0 Å². The van der Waals surface area contributed by atoms with Gasteiger partial charge in [-0.15, -0.1) is 0 Å². The molecule has 0 spiro atoms. The largest absolute Gasteiger partial charge is 0.236 e. The molecule has 0 aromatic carbocycles. The van der Waals surface area contributed by atoms with Crippen molar-refractivity contribution in [2.45, 2.75) is 52.9 Å². The quantitative estimate of drug-likeness (QED) is 0.550. The van der Waals surface area contributed by atoms with Gasteiger partial charge in [0.1, 0.15) is 11.0 Å². The van der Waals surface area contributed by atoms with Crippen LogP contribution in [0, 0.1) is 9.49 Å². The van der Waals surface area contributed by atoms with Gasteiger partial charge in [-0.05, 0) is 47.8 Å². The van der Waals surface area contributed by atoms with Gasteiger partial charge < -0.3 is 0 Å². The van der Waals surface area contributed by atoms with E-state index in [0.717, 1.165) is 34.4 Å². The average Bonchev–Trinajstić information content (AvgIpc) is 2.26. The maximum absolute atomic E-state index is 6.20. The van der Waals surface area contributed by atoms with E-state index in [1.165, 1.54) is 0 Å². The second-order valence-electron chi connectivity index (χ2n) is 4.74. The highest BCUT2D eigenvalue weighted by Gasteiger charge is 2.16. The Labute approximate surface area is 123 Å². The minimum Gasteiger partial charge on any atom is -0.236 e. The summed E-state index contributed by atoms with van der Waals surface area (Å²) < 4.78 is 1.01. The molecule has 4 heteroatoms. The first-order valence-corrected chi connectivity index (χ1v) is 7.66. The lowest BCUT2D eigenvalue weighted by Crippen LogP contribution is -2.09. The van der Waals surface area contributed by atoms with Crippen LogP contribution >= 0.6 is 34.2 Å². The Balaban J connectivity index is 3.13. The first-order chi connectivity index (χ1) is 7.99. The van der Waals surface area contributed by atoms with Crippen molar-refractivity contribution in [1.82, 2.24) is 9.97 Å². The number of nitrogens with zero attached hydrogens (tertiary/aromatic N) is 2. The molecule has 0 fully saturated rings. The van der Waals surface area contributed by atoms with Gasteiger partial charge in [-0.3, -0.25) is 0 Å². The third-order valence-corrected chi connectivity index (χ3v) is 4.57. The molecule has 0 bridgehead atoms. The van der Waals surface area contributed by atoms with Crippen molar-refractivity contribution >= 4 is 34.2 Å². The molecule has 1 rings (SSSR count). The molecule has 0 saturated carbocycles. The summed E-state index contributed by atoms with van der Waals surface area (Å²) in [6.07, 6.45) is 3.09. The number of hydrogen-bond acceptors (Lipinski definition) is 2. The lowest BCUT2D eigenvalue weighted by atomic mass is 10.0. The highest BCUT2D eigenvalue weighted by atomic mass is 127. The van der Waals surface area contributed by atoms with Gasteiger partial charge in [-0.25, -0.2) is 9.97 Å². The van der Waals surface area contributed by atoms with Gasteiger partial charge in [0.25, 0.3) is 0 Å². The summed E-state index contributed by atoms with van der Waals surface area (Å²) in [4.78, 5) is 9.14. The first-order valence-electron chi connectivity index (χ1n) is 6.21. The van der Waals surface area contributed by atoms with E-state index < -0.39 is 0 Å². The third-order valence-electron chi connectivity index (χ3n) is 2.85. The number of hydrogen-bond donors (Lipinski definition) is 0. The Morgan fingerprint density at radius 2 is 1.76 bits per heavy atom. The Bertz CT molecular complexity index is 376. The molecule has 0 aliphatic carbocycles. The van der Waals surface area contributed by atoms with Crippen LogP contribution in [0.25, 0.3) is 0 Å². The van der Waals surface area contributed by atoms with Gasteiger partial charge in [0.05, 0.1) is 9.26 Å². The fraction of sp³-hybridized carbons (Fsp3) is 0.692. The lowest BCUT2D eigenvalue weighted by Gasteiger charge is -2.15. The fourth-order valence-electron chi connectivity index (χ4n) is 1.84. The minimum atomic E-state index is 0.426. The van der Waals surface area contributed by atoms with Gasteiger partial charge in [0, 0.05) is 5.92 Å². The average molecular weight is 367 g/mol. The SMILES string of the molecule is CCC(CC)c1nc(Cl)c(I)c(CC(C)C)n1. The molecule has 0 aliphatic heterocycles. The van der Waals surface area contributed by atoms with E-state index in [9.17, 15) is 0 Å². The molecule has 1 aromatic heterocycles. The van der Waals surface area contributed by atoms with E-state index in [2.05, 4.69) is 55.3 Å². The molecule has 96 valence electrons. The summed E-state index contributed by atoms with van der Waals surface area (Å²) in [6, 6.07) is 0. The Kier molecular flexibility index (Phi) is 6.13. The zero-order valence-corrected chi connectivity index (χ0v) is 13.8. The molecule has 1 heterocycles. The molecule has 17 heavy (non-hydrogen) atoms. The summed E-state index contributed by atoms with van der Waals surface area (Å²) in [7, 11) is 0. The Morgan fingerprint density at radius 3 is 2.24 bits per heavy atom. The molecule has 0 unspecified atom stereocenters. The van der Waals surface area contributed by atoms with Crippen molar-refractivity contribution < 1.29 is 0 Å². The second kappa shape index (κ2) is 6.88. The van der Waals surface area contributed by atoms with E-state index in [0.29, 0.717) is 17.0 Å². The smallest absolute Gasteiger partial charge is 0.146 e. The van der Waals surface area contributed by atoms with E-state index >= 15 is 0 Å². The van der Waals surface area contributed by atoms with Crippen LogP contribution in [0.5, 0.6) is 0 Å². The van der Waals surface area contributed by atoms with Crippen molar-refractivity contribution in [1.29, 1.82) is 0 Å². The van der Waals surface area contributed by atoms with E-state index in [-0.39, 0.29) is 0 Å². The Hall–Kier alpha value is 0.1000. The van der Waals surface area contributed by atoms with Crippen LogP contribution in [0.3, 0.4) is 0 Å². The normalized spacial score (nSPS) is 11.5. The van der Waals surface area contributed by atoms with Crippen LogP contribution < -0.4 is 0 Å². The lowest BCUT2D eigenvalue weighted by molar-refractivity contribution is 0.581. The highest BCUT2D eigenvalue weighted by molar-refractivity contribution is 14.1. The molecule has 0 N–H and O–H groups in total. The summed E-state index contributed by atoms with van der Waals surface area (Å²) in [5.74, 6) is 1.93. The van der Waals surface area contributed by atoms with E-state index in [4.69, 9.17) is 16.6 Å². The van der Waals surface area contributed by atoms with Crippen LogP contribution in [-0.2, 0) is 6.42 Å². The predicted octanol–water partition coefficient (Wildman–Crippen LogP) is 4.84. The molecule has 0 atom stereocenters. The molecule has 0 saturated heterocycles.